The summed E-state index contributed by atoms with van der Waals surface area (Å²) in [6.07, 6.45) is 0. The first-order chi connectivity index (χ1) is 10.9. The Morgan fingerprint density at radius 3 is 1.00 bits per heavy atom. The van der Waals surface area contributed by atoms with Crippen molar-refractivity contribution in [3.05, 3.63) is 83.2 Å². The minimum Gasteiger partial charge on any atom is -0.0610 e. The fraction of sp³-hybridized carbons (Fsp3) is 0. The fourth-order valence-electron chi connectivity index (χ4n) is 4.34. The highest BCUT2D eigenvalue weighted by atomic mass is 14.2. The molecule has 4 aromatic rings. The summed E-state index contributed by atoms with van der Waals surface area (Å²) in [6, 6.07) is 26.7. The molecular weight excluding hydrogens is 264 g/mol. The van der Waals surface area contributed by atoms with Crippen LogP contribution in [0.25, 0.3) is 43.1 Å². The molecule has 0 saturated carbocycles. The zero-order valence-electron chi connectivity index (χ0n) is 11.9. The Balaban J connectivity index is 2.17. The van der Waals surface area contributed by atoms with Gasteiger partial charge in [0.25, 0.3) is 0 Å². The van der Waals surface area contributed by atoms with Crippen LogP contribution in [0.1, 0.15) is 0 Å². The maximum absolute atomic E-state index is 2.28. The average Bonchev–Trinajstić information content (AvgIpc) is 3.07. The average molecular weight is 276 g/mol. The molecule has 0 unspecified atom stereocenters. The van der Waals surface area contributed by atoms with E-state index < -0.39 is 0 Å². The zero-order valence-corrected chi connectivity index (χ0v) is 11.9. The molecule has 0 N–H and O–H groups in total. The summed E-state index contributed by atoms with van der Waals surface area (Å²) in [6.45, 7) is 0. The first kappa shape index (κ1) is 10.8. The van der Waals surface area contributed by atoms with Crippen molar-refractivity contribution in [2.24, 2.45) is 0 Å². The monoisotopic (exact) mass is 276 g/mol. The molecular formula is C22H12. The van der Waals surface area contributed by atoms with Crippen molar-refractivity contribution in [3.8, 4) is 0 Å². The first-order valence-corrected chi connectivity index (χ1v) is 7.73. The quantitative estimate of drug-likeness (QED) is 0.324. The van der Waals surface area contributed by atoms with Crippen molar-refractivity contribution in [2.75, 3.05) is 0 Å². The Morgan fingerprint density at radius 1 is 0.364 bits per heavy atom. The van der Waals surface area contributed by atoms with Gasteiger partial charge in [-0.2, -0.15) is 0 Å². The molecule has 6 rings (SSSR count). The SMILES string of the molecule is c1cc2cccc3c4c5cccc6cccc(c=4c(c1)c23)c65. The zero-order chi connectivity index (χ0) is 14.3. The molecule has 0 heteroatoms. The number of benzene rings is 4. The maximum Gasteiger partial charge on any atom is -0.00134 e. The summed E-state index contributed by atoms with van der Waals surface area (Å²) in [5.74, 6) is 0. The van der Waals surface area contributed by atoms with Crippen LogP contribution in [0.2, 0.25) is 0 Å². The number of hydrogen-bond donors (Lipinski definition) is 0. The number of fused-ring (bicyclic) bond motifs is 4. The number of rotatable bonds is 0. The van der Waals surface area contributed by atoms with Crippen LogP contribution in [0.15, 0.2) is 72.8 Å². The highest BCUT2D eigenvalue weighted by Crippen LogP contribution is 2.40. The van der Waals surface area contributed by atoms with E-state index in [2.05, 4.69) is 72.8 Å². The lowest BCUT2D eigenvalue weighted by Gasteiger charge is -2.02. The van der Waals surface area contributed by atoms with E-state index in [4.69, 9.17) is 0 Å². The normalized spacial score (nSPS) is 12.5. The predicted molar refractivity (Wildman–Crippen MR) is 94.1 cm³/mol. The summed E-state index contributed by atoms with van der Waals surface area (Å²) in [5, 5.41) is 14.0. The van der Waals surface area contributed by atoms with Crippen LogP contribution in [0.4, 0.5) is 0 Å². The molecule has 2 aliphatic carbocycles. The van der Waals surface area contributed by atoms with Gasteiger partial charge < -0.3 is 0 Å². The van der Waals surface area contributed by atoms with E-state index in [0.717, 1.165) is 0 Å². The molecule has 2 aliphatic rings. The minimum atomic E-state index is 1.34. The van der Waals surface area contributed by atoms with Gasteiger partial charge in [0.2, 0.25) is 0 Å². The lowest BCUT2D eigenvalue weighted by molar-refractivity contribution is 1.81. The summed E-state index contributed by atoms with van der Waals surface area (Å²) >= 11 is 0. The third kappa shape index (κ3) is 1.05. The molecule has 0 fully saturated rings. The van der Waals surface area contributed by atoms with Crippen molar-refractivity contribution >= 4 is 43.1 Å². The van der Waals surface area contributed by atoms with Gasteiger partial charge in [0.05, 0.1) is 0 Å². The number of hydrogen-bond acceptors (Lipinski definition) is 0. The van der Waals surface area contributed by atoms with Gasteiger partial charge in [-0.3, -0.25) is 0 Å². The van der Waals surface area contributed by atoms with Crippen LogP contribution in [0, 0.1) is 10.4 Å². The smallest absolute Gasteiger partial charge is 0.00134 e. The van der Waals surface area contributed by atoms with Crippen molar-refractivity contribution in [2.45, 2.75) is 0 Å². The van der Waals surface area contributed by atoms with Crippen molar-refractivity contribution in [1.29, 1.82) is 0 Å². The lowest BCUT2D eigenvalue weighted by Crippen LogP contribution is -1.76. The van der Waals surface area contributed by atoms with E-state index in [1.807, 2.05) is 0 Å². The highest BCUT2D eigenvalue weighted by Gasteiger charge is 2.16. The molecule has 0 atom stereocenters. The molecule has 22 heavy (non-hydrogen) atoms. The van der Waals surface area contributed by atoms with E-state index in [1.54, 1.807) is 0 Å². The molecule has 0 aliphatic heterocycles. The topological polar surface area (TPSA) is 0 Å². The standard InChI is InChI=1S/C22H12/c1-5-13-6-2-10-16-19(13)15(9-1)21-17-11-3-7-14-8-4-12-18(20(14)17)22(16)21/h1-12H. The molecule has 0 saturated heterocycles. The van der Waals surface area contributed by atoms with E-state index >= 15 is 0 Å². The predicted octanol–water partition coefficient (Wildman–Crippen LogP) is 5.90. The summed E-state index contributed by atoms with van der Waals surface area (Å²) in [7, 11) is 0. The third-order valence-corrected chi connectivity index (χ3v) is 5.14. The fourth-order valence-corrected chi connectivity index (χ4v) is 4.34. The maximum atomic E-state index is 2.28. The molecule has 0 spiro atoms. The largest absolute Gasteiger partial charge is 0.0610 e. The lowest BCUT2D eigenvalue weighted by atomic mass is 10.0. The van der Waals surface area contributed by atoms with Gasteiger partial charge >= 0.3 is 0 Å². The summed E-state index contributed by atoms with van der Waals surface area (Å²) < 4.78 is 0. The second-order valence-corrected chi connectivity index (χ2v) is 6.17. The molecule has 0 aromatic heterocycles. The van der Waals surface area contributed by atoms with Crippen LogP contribution in [-0.4, -0.2) is 0 Å². The Hall–Kier alpha value is -2.86. The van der Waals surface area contributed by atoms with Crippen molar-refractivity contribution in [3.63, 3.8) is 0 Å². The molecule has 0 nitrogen and oxygen atoms in total. The van der Waals surface area contributed by atoms with Crippen molar-refractivity contribution < 1.29 is 0 Å². The van der Waals surface area contributed by atoms with Crippen molar-refractivity contribution in [1.82, 2.24) is 0 Å². The third-order valence-electron chi connectivity index (χ3n) is 5.14. The van der Waals surface area contributed by atoms with Gasteiger partial charge in [-0.1, -0.05) is 72.8 Å². The van der Waals surface area contributed by atoms with Crippen LogP contribution < -0.4 is 0 Å². The molecule has 0 heterocycles. The Bertz CT molecular complexity index is 1160. The second-order valence-electron chi connectivity index (χ2n) is 6.17. The Labute approximate surface area is 126 Å². The second kappa shape index (κ2) is 3.48. The van der Waals surface area contributed by atoms with Crippen LogP contribution in [0.3, 0.4) is 0 Å². The van der Waals surface area contributed by atoms with Gasteiger partial charge in [0.1, 0.15) is 0 Å². The van der Waals surface area contributed by atoms with Gasteiger partial charge in [0, 0.05) is 0 Å². The van der Waals surface area contributed by atoms with E-state index in [-0.39, 0.29) is 0 Å². The molecule has 100 valence electrons. The first-order valence-electron chi connectivity index (χ1n) is 7.73. The van der Waals surface area contributed by atoms with E-state index in [0.29, 0.717) is 0 Å². The van der Waals surface area contributed by atoms with Crippen LogP contribution in [0.5, 0.6) is 0 Å². The van der Waals surface area contributed by atoms with Gasteiger partial charge in [0.15, 0.2) is 0 Å². The molecule has 0 amide bonds. The Kier molecular flexibility index (Phi) is 1.71. The molecule has 0 bridgehead atoms. The van der Waals surface area contributed by atoms with Gasteiger partial charge in [-0.15, -0.1) is 0 Å². The minimum absolute atomic E-state index is 1.34. The van der Waals surface area contributed by atoms with E-state index in [9.17, 15) is 0 Å². The van der Waals surface area contributed by atoms with Gasteiger partial charge in [-0.05, 0) is 53.5 Å². The molecule has 0 radical (unpaired) electrons. The Morgan fingerprint density at radius 2 is 0.682 bits per heavy atom. The van der Waals surface area contributed by atoms with Gasteiger partial charge in [-0.25, -0.2) is 0 Å². The molecule has 4 aromatic carbocycles. The van der Waals surface area contributed by atoms with Crippen LogP contribution >= 0.6 is 0 Å². The van der Waals surface area contributed by atoms with Crippen LogP contribution in [-0.2, 0) is 0 Å². The highest BCUT2D eigenvalue weighted by molar-refractivity contribution is 6.22. The summed E-state index contributed by atoms with van der Waals surface area (Å²) in [4.78, 5) is 0. The van der Waals surface area contributed by atoms with E-state index in [1.165, 1.54) is 53.5 Å². The summed E-state index contributed by atoms with van der Waals surface area (Å²) in [5.41, 5.74) is 0.